The highest BCUT2D eigenvalue weighted by molar-refractivity contribution is 9.10. The van der Waals surface area contributed by atoms with E-state index in [0.29, 0.717) is 18.2 Å². The second-order valence-electron chi connectivity index (χ2n) is 6.40. The average Bonchev–Trinajstić information content (AvgIpc) is 3.08. The van der Waals surface area contributed by atoms with Gasteiger partial charge in [0.05, 0.1) is 10.6 Å². The van der Waals surface area contributed by atoms with Crippen LogP contribution in [0.2, 0.25) is 0 Å². The Morgan fingerprint density at radius 2 is 2.04 bits per heavy atom. The summed E-state index contributed by atoms with van der Waals surface area (Å²) in [5.74, 6) is 0.762. The van der Waals surface area contributed by atoms with Crippen molar-refractivity contribution >= 4 is 21.8 Å². The Bertz CT molecular complexity index is 537. The van der Waals surface area contributed by atoms with E-state index in [1.165, 1.54) is 19.3 Å². The highest BCUT2D eigenvalue weighted by Gasteiger charge is 2.19. The number of benzene rings is 1. The predicted molar refractivity (Wildman–Crippen MR) is 93.0 cm³/mol. The van der Waals surface area contributed by atoms with Crippen LogP contribution in [0.15, 0.2) is 22.7 Å². The fourth-order valence-corrected chi connectivity index (χ4v) is 3.73. The molecule has 1 aromatic rings. The van der Waals surface area contributed by atoms with Crippen LogP contribution in [0.25, 0.3) is 0 Å². The lowest BCUT2D eigenvalue weighted by atomic mass is 9.95. The first-order valence-electron chi connectivity index (χ1n) is 8.57. The molecule has 1 saturated heterocycles. The van der Waals surface area contributed by atoms with Gasteiger partial charge < -0.3 is 14.8 Å². The number of nitrogens with one attached hydrogen (secondary N) is 1. The van der Waals surface area contributed by atoms with Crippen molar-refractivity contribution in [3.8, 4) is 5.75 Å². The van der Waals surface area contributed by atoms with Crippen LogP contribution >= 0.6 is 15.9 Å². The monoisotopic (exact) mass is 381 g/mol. The normalized spacial score (nSPS) is 22.0. The minimum Gasteiger partial charge on any atom is -0.490 e. The van der Waals surface area contributed by atoms with Crippen molar-refractivity contribution in [1.29, 1.82) is 0 Å². The molecule has 0 aromatic heterocycles. The molecule has 1 atom stereocenters. The molecule has 1 unspecified atom stereocenters. The van der Waals surface area contributed by atoms with E-state index in [1.807, 2.05) is 18.2 Å². The number of amides is 1. The highest BCUT2D eigenvalue weighted by Crippen LogP contribution is 2.27. The summed E-state index contributed by atoms with van der Waals surface area (Å²) in [7, 11) is 0. The van der Waals surface area contributed by atoms with Crippen LogP contribution < -0.4 is 10.1 Å². The van der Waals surface area contributed by atoms with Crippen LogP contribution in [-0.2, 0) is 4.74 Å². The molecule has 3 rings (SSSR count). The third kappa shape index (κ3) is 4.70. The SMILES string of the molecule is O=C(NC1CCCCC1)c1ccc(OCC2CCCO2)c(Br)c1. The van der Waals surface area contributed by atoms with E-state index >= 15 is 0 Å². The maximum absolute atomic E-state index is 12.4. The molecule has 2 aliphatic rings. The molecule has 2 fully saturated rings. The van der Waals surface area contributed by atoms with Crippen molar-refractivity contribution in [2.75, 3.05) is 13.2 Å². The number of rotatable bonds is 5. The van der Waals surface area contributed by atoms with Crippen molar-refractivity contribution in [3.63, 3.8) is 0 Å². The molecule has 0 bridgehead atoms. The van der Waals surface area contributed by atoms with Gasteiger partial charge >= 0.3 is 0 Å². The number of ether oxygens (including phenoxy) is 2. The van der Waals surface area contributed by atoms with Crippen LogP contribution in [0.4, 0.5) is 0 Å². The van der Waals surface area contributed by atoms with Crippen LogP contribution in [0.1, 0.15) is 55.3 Å². The Hall–Kier alpha value is -1.07. The van der Waals surface area contributed by atoms with Crippen LogP contribution in [0.5, 0.6) is 5.75 Å². The van der Waals surface area contributed by atoms with E-state index in [4.69, 9.17) is 9.47 Å². The van der Waals surface area contributed by atoms with E-state index in [-0.39, 0.29) is 12.0 Å². The molecule has 0 spiro atoms. The zero-order chi connectivity index (χ0) is 16.1. The van der Waals surface area contributed by atoms with Gasteiger partial charge in [-0.3, -0.25) is 4.79 Å². The summed E-state index contributed by atoms with van der Waals surface area (Å²) in [6.45, 7) is 1.39. The van der Waals surface area contributed by atoms with Crippen LogP contribution in [0, 0.1) is 0 Å². The first-order chi connectivity index (χ1) is 11.2. The number of hydrogen-bond donors (Lipinski definition) is 1. The second-order valence-corrected chi connectivity index (χ2v) is 7.25. The number of halogens is 1. The molecular formula is C18H24BrNO3. The molecule has 5 heteroatoms. The maximum atomic E-state index is 12.4. The van der Waals surface area contributed by atoms with Crippen molar-refractivity contribution in [3.05, 3.63) is 28.2 Å². The largest absolute Gasteiger partial charge is 0.490 e. The number of carbonyl (C=O) groups is 1. The van der Waals surface area contributed by atoms with Crippen molar-refractivity contribution in [2.24, 2.45) is 0 Å². The summed E-state index contributed by atoms with van der Waals surface area (Å²) >= 11 is 3.50. The molecule has 1 aliphatic heterocycles. The minimum absolute atomic E-state index is 0.00303. The zero-order valence-corrected chi connectivity index (χ0v) is 14.9. The Balaban J connectivity index is 1.55. The summed E-state index contributed by atoms with van der Waals surface area (Å²) in [6.07, 6.45) is 8.25. The third-order valence-electron chi connectivity index (χ3n) is 4.58. The molecule has 1 N–H and O–H groups in total. The predicted octanol–water partition coefficient (Wildman–Crippen LogP) is 4.07. The van der Waals surface area contributed by atoms with E-state index in [9.17, 15) is 4.79 Å². The van der Waals surface area contributed by atoms with Gasteiger partial charge in [-0.05, 0) is 59.8 Å². The van der Waals surface area contributed by atoms with Gasteiger partial charge in [0.1, 0.15) is 12.4 Å². The van der Waals surface area contributed by atoms with Gasteiger partial charge in [-0.1, -0.05) is 19.3 Å². The molecule has 1 saturated carbocycles. The molecular weight excluding hydrogens is 358 g/mol. The quantitative estimate of drug-likeness (QED) is 0.835. The molecule has 0 radical (unpaired) electrons. The maximum Gasteiger partial charge on any atom is 0.251 e. The average molecular weight is 382 g/mol. The lowest BCUT2D eigenvalue weighted by Gasteiger charge is -2.22. The Labute approximate surface area is 146 Å². The fourth-order valence-electron chi connectivity index (χ4n) is 3.23. The molecule has 4 nitrogen and oxygen atoms in total. The molecule has 1 heterocycles. The zero-order valence-electron chi connectivity index (χ0n) is 13.4. The fraction of sp³-hybridized carbons (Fsp3) is 0.611. The third-order valence-corrected chi connectivity index (χ3v) is 5.20. The van der Waals surface area contributed by atoms with Gasteiger partial charge in [-0.15, -0.1) is 0 Å². The molecule has 1 aliphatic carbocycles. The molecule has 1 amide bonds. The van der Waals surface area contributed by atoms with Gasteiger partial charge in [-0.25, -0.2) is 0 Å². The van der Waals surface area contributed by atoms with Gasteiger partial charge in [-0.2, -0.15) is 0 Å². The van der Waals surface area contributed by atoms with Crippen molar-refractivity contribution in [1.82, 2.24) is 5.32 Å². The smallest absolute Gasteiger partial charge is 0.251 e. The van der Waals surface area contributed by atoms with Crippen molar-refractivity contribution < 1.29 is 14.3 Å². The molecule has 126 valence electrons. The number of carbonyl (C=O) groups excluding carboxylic acids is 1. The summed E-state index contributed by atoms with van der Waals surface area (Å²) in [5, 5.41) is 3.14. The van der Waals surface area contributed by atoms with Gasteiger partial charge in [0.15, 0.2) is 0 Å². The Morgan fingerprint density at radius 3 is 2.74 bits per heavy atom. The lowest BCUT2D eigenvalue weighted by Crippen LogP contribution is -2.36. The summed E-state index contributed by atoms with van der Waals surface area (Å²) in [6, 6.07) is 5.84. The molecule has 23 heavy (non-hydrogen) atoms. The van der Waals surface area contributed by atoms with E-state index in [1.54, 1.807) is 0 Å². The number of hydrogen-bond acceptors (Lipinski definition) is 3. The van der Waals surface area contributed by atoms with Gasteiger partial charge in [0.2, 0.25) is 0 Å². The van der Waals surface area contributed by atoms with E-state index in [0.717, 1.165) is 42.5 Å². The van der Waals surface area contributed by atoms with Crippen molar-refractivity contribution in [2.45, 2.75) is 57.1 Å². The topological polar surface area (TPSA) is 47.6 Å². The van der Waals surface area contributed by atoms with Crippen LogP contribution in [0.3, 0.4) is 0 Å². The molecule has 1 aromatic carbocycles. The summed E-state index contributed by atoms with van der Waals surface area (Å²) in [5.41, 5.74) is 0.673. The lowest BCUT2D eigenvalue weighted by molar-refractivity contribution is 0.0676. The second kappa shape index (κ2) is 8.15. The Kier molecular flexibility index (Phi) is 5.95. The van der Waals surface area contributed by atoms with E-state index < -0.39 is 0 Å². The summed E-state index contributed by atoms with van der Waals surface area (Å²) < 4.78 is 12.2. The van der Waals surface area contributed by atoms with Crippen LogP contribution in [-0.4, -0.2) is 31.3 Å². The summed E-state index contributed by atoms with van der Waals surface area (Å²) in [4.78, 5) is 12.4. The minimum atomic E-state index is 0.00303. The van der Waals surface area contributed by atoms with Gasteiger partial charge in [0.25, 0.3) is 5.91 Å². The van der Waals surface area contributed by atoms with Gasteiger partial charge in [0, 0.05) is 18.2 Å². The first-order valence-corrected chi connectivity index (χ1v) is 9.36. The standard InChI is InChI=1S/C18H24BrNO3/c19-16-11-13(18(21)20-14-5-2-1-3-6-14)8-9-17(16)23-12-15-7-4-10-22-15/h8-9,11,14-15H,1-7,10,12H2,(H,20,21). The highest BCUT2D eigenvalue weighted by atomic mass is 79.9. The Morgan fingerprint density at radius 1 is 1.22 bits per heavy atom. The first kappa shape index (κ1) is 16.8. The van der Waals surface area contributed by atoms with E-state index in [2.05, 4.69) is 21.2 Å².